The van der Waals surface area contributed by atoms with Crippen LogP contribution in [0.4, 0.5) is 0 Å². The predicted octanol–water partition coefficient (Wildman–Crippen LogP) is 6.82. The van der Waals surface area contributed by atoms with Crippen LogP contribution in [-0.2, 0) is 6.42 Å². The molecule has 10 nitrogen and oxygen atoms in total. The van der Waals surface area contributed by atoms with Gasteiger partial charge in [0.1, 0.15) is 30.4 Å². The van der Waals surface area contributed by atoms with Crippen molar-refractivity contribution in [1.82, 2.24) is 5.32 Å². The summed E-state index contributed by atoms with van der Waals surface area (Å²) in [6.45, 7) is 3.14. The number of aromatic hydroxyl groups is 1. The monoisotopic (exact) mass is 837 g/mol. The summed E-state index contributed by atoms with van der Waals surface area (Å²) in [6.07, 6.45) is 22.2. The fourth-order valence-electron chi connectivity index (χ4n) is 11.6. The number of hydrogen-bond acceptors (Lipinski definition) is 9. The molecule has 9 N–H and O–H groups in total. The minimum absolute atomic E-state index is 0.00482. The molecule has 61 heavy (non-hydrogen) atoms. The van der Waals surface area contributed by atoms with Gasteiger partial charge in [0.2, 0.25) is 5.70 Å². The highest BCUT2D eigenvalue weighted by Gasteiger charge is 2.49. The second-order valence-corrected chi connectivity index (χ2v) is 19.0. The normalized spacial score (nSPS) is 30.5. The molecule has 2 aromatic rings. The SMILES string of the molecule is CC(O)CNCC1[C+]2C=C(C(O)COc3cc(CC[C-]4C=C(CO)C(CCCCC5CCC(C6C=Cc7ccccc7C6O)C(N)C5)[OH+]4)ccc3O)N=C2CCC2CCCC21. The Morgan fingerprint density at radius 1 is 1.05 bits per heavy atom. The van der Waals surface area contributed by atoms with Crippen LogP contribution < -0.4 is 15.8 Å². The fraction of sp³-hybridized carbons (Fsp3) is 0.588. The maximum atomic E-state index is 11.3. The van der Waals surface area contributed by atoms with Crippen molar-refractivity contribution in [2.75, 3.05) is 26.3 Å². The maximum absolute atomic E-state index is 11.3. The molecule has 4 aliphatic carbocycles. The predicted molar refractivity (Wildman–Crippen MR) is 240 cm³/mol. The van der Waals surface area contributed by atoms with E-state index in [-0.39, 0.29) is 37.0 Å². The Labute approximate surface area is 363 Å². The van der Waals surface area contributed by atoms with Crippen LogP contribution in [0, 0.1) is 47.5 Å². The van der Waals surface area contributed by atoms with E-state index in [0.29, 0.717) is 60.4 Å². The van der Waals surface area contributed by atoms with E-state index in [1.165, 1.54) is 25.2 Å². The lowest BCUT2D eigenvalue weighted by molar-refractivity contribution is -0.0553. The largest absolute Gasteiger partial charge is 0.504 e. The van der Waals surface area contributed by atoms with Crippen LogP contribution in [0.2, 0.25) is 0 Å². The standard InChI is InChI=1S/C51H69N3O7/c1-31(56)27-53-28-43-38-11-6-9-34(38)17-21-45-42(43)26-46(54-45)48(58)30-60-50-24-33(15-22-47(50)57)13-18-37-25-36(29-55)49(61-37)12-5-2-7-32-14-19-40(44(52)23-32)41-20-16-35-8-3-4-10-39(35)51(41)59/h3-4,8,10,15-16,20,22,24-26,31-32,34,38,40-41,43-44,48-49,51,53,55-56,58-59,61H,2,5-7,9,11-14,17-19,21,23,27-30,52H2,1H3/p+1. The van der Waals surface area contributed by atoms with Crippen LogP contribution in [0.15, 0.2) is 77.0 Å². The van der Waals surface area contributed by atoms with Gasteiger partial charge in [-0.05, 0) is 104 Å². The molecule has 0 aromatic heterocycles. The van der Waals surface area contributed by atoms with Crippen LogP contribution in [0.3, 0.4) is 0 Å². The number of nitrogens with two attached hydrogens (primary N) is 1. The number of rotatable bonds is 18. The summed E-state index contributed by atoms with van der Waals surface area (Å²) in [7, 11) is 0. The van der Waals surface area contributed by atoms with Gasteiger partial charge in [-0.15, -0.1) is 16.6 Å². The van der Waals surface area contributed by atoms with E-state index in [1.807, 2.05) is 30.3 Å². The molecule has 330 valence electrons. The fourth-order valence-corrected chi connectivity index (χ4v) is 11.6. The van der Waals surface area contributed by atoms with Crippen LogP contribution in [0.5, 0.6) is 11.5 Å². The maximum Gasteiger partial charge on any atom is 0.208 e. The molecular weight excluding hydrogens is 767 g/mol. The number of nitrogens with zero attached hydrogens (tertiary/aromatic N) is 1. The first-order valence-electron chi connectivity index (χ1n) is 23.4. The van der Waals surface area contributed by atoms with Crippen molar-refractivity contribution in [2.45, 2.75) is 127 Å². The number of ether oxygens (including phenoxy) is 2. The molecule has 3 saturated carbocycles. The topological polar surface area (TPSA) is 174 Å². The molecule has 2 aliphatic heterocycles. The molecule has 3 fully saturated rings. The highest BCUT2D eigenvalue weighted by Crippen LogP contribution is 2.49. The number of nitrogens with one attached hydrogen (secondary N) is 1. The average molecular weight is 837 g/mol. The second-order valence-electron chi connectivity index (χ2n) is 19.0. The minimum atomic E-state index is -0.932. The number of aryl methyl sites for hydroxylation is 1. The molecule has 11 unspecified atom stereocenters. The summed E-state index contributed by atoms with van der Waals surface area (Å²) in [5.74, 6) is 4.16. The number of aliphatic hydroxyl groups is 6. The van der Waals surface area contributed by atoms with Crippen molar-refractivity contribution < 1.29 is 35.0 Å². The van der Waals surface area contributed by atoms with Crippen LogP contribution in [0.25, 0.3) is 6.08 Å². The first-order chi connectivity index (χ1) is 29.6. The van der Waals surface area contributed by atoms with Crippen molar-refractivity contribution in [3.05, 3.63) is 101 Å². The number of phenolic OH excluding ortho intramolecular Hbond substituents is 1. The van der Waals surface area contributed by atoms with E-state index in [4.69, 9.17) is 20.2 Å². The van der Waals surface area contributed by atoms with Crippen molar-refractivity contribution in [3.8, 4) is 11.5 Å². The van der Waals surface area contributed by atoms with E-state index in [9.17, 15) is 25.5 Å². The van der Waals surface area contributed by atoms with Crippen molar-refractivity contribution in [2.24, 2.45) is 46.2 Å². The summed E-state index contributed by atoms with van der Waals surface area (Å²) >= 11 is 0. The quantitative estimate of drug-likeness (QED) is 0.0487. The third kappa shape index (κ3) is 10.4. The third-order valence-corrected chi connectivity index (χ3v) is 14.9. The minimum Gasteiger partial charge on any atom is -0.504 e. The summed E-state index contributed by atoms with van der Waals surface area (Å²) in [6, 6.07) is 13.6. The number of allylic oxidation sites excluding steroid dienone is 1. The Bertz CT molecular complexity index is 1910. The molecule has 11 atom stereocenters. The Hall–Kier alpha value is -3.61. The molecule has 0 radical (unpaired) electrons. The Morgan fingerprint density at radius 3 is 2.74 bits per heavy atom. The van der Waals surface area contributed by atoms with Crippen LogP contribution in [0.1, 0.15) is 113 Å². The van der Waals surface area contributed by atoms with Gasteiger partial charge in [0.25, 0.3) is 0 Å². The lowest BCUT2D eigenvalue weighted by Gasteiger charge is -2.40. The van der Waals surface area contributed by atoms with Gasteiger partial charge in [0, 0.05) is 44.5 Å². The van der Waals surface area contributed by atoms with Crippen LogP contribution >= 0.6 is 0 Å². The Kier molecular flexibility index (Phi) is 14.6. The molecule has 2 aromatic carbocycles. The van der Waals surface area contributed by atoms with E-state index < -0.39 is 18.3 Å². The summed E-state index contributed by atoms with van der Waals surface area (Å²) in [5, 5.41) is 56.7. The molecule has 8 rings (SSSR count). The van der Waals surface area contributed by atoms with Crippen LogP contribution in [-0.4, -0.2) is 86.6 Å². The Morgan fingerprint density at radius 2 is 1.90 bits per heavy atom. The van der Waals surface area contributed by atoms with Gasteiger partial charge in [0.05, 0.1) is 24.2 Å². The molecular formula is C51H70N3O7+. The van der Waals surface area contributed by atoms with Gasteiger partial charge in [-0.1, -0.05) is 74.6 Å². The number of aliphatic hydroxyl groups excluding tert-OH is 4. The summed E-state index contributed by atoms with van der Waals surface area (Å²) in [5.41, 5.74) is 12.6. The molecule has 0 spiro atoms. The molecule has 6 aliphatic rings. The lowest BCUT2D eigenvalue weighted by atomic mass is 9.68. The van der Waals surface area contributed by atoms with Gasteiger partial charge < -0.3 is 46.1 Å². The highest BCUT2D eigenvalue weighted by atomic mass is 16.5. The molecule has 0 amide bonds. The van der Waals surface area contributed by atoms with E-state index in [0.717, 1.165) is 98.4 Å². The van der Waals surface area contributed by atoms with Gasteiger partial charge in [-0.3, -0.25) is 0 Å². The zero-order chi connectivity index (χ0) is 42.5. The summed E-state index contributed by atoms with van der Waals surface area (Å²) in [4.78, 5) is 4.93. The van der Waals surface area contributed by atoms with Gasteiger partial charge in [-0.25, -0.2) is 0 Å². The number of fused-ring (bicyclic) bond motifs is 3. The zero-order valence-corrected chi connectivity index (χ0v) is 36.0. The second kappa shape index (κ2) is 20.3. The number of benzene rings is 2. The first kappa shape index (κ1) is 44.0. The third-order valence-electron chi connectivity index (χ3n) is 14.9. The van der Waals surface area contributed by atoms with E-state index in [1.54, 1.807) is 13.0 Å². The van der Waals surface area contributed by atoms with E-state index in [2.05, 4.69) is 35.7 Å². The van der Waals surface area contributed by atoms with Gasteiger partial charge in [0.15, 0.2) is 17.6 Å². The first-order valence-corrected chi connectivity index (χ1v) is 23.4. The molecule has 0 saturated heterocycles. The Balaban J connectivity index is 0.768. The number of hydrogen-bond donors (Lipinski definition) is 7. The molecule has 10 heteroatoms. The zero-order valence-electron chi connectivity index (χ0n) is 36.0. The van der Waals surface area contributed by atoms with E-state index >= 15 is 0 Å². The molecule has 0 bridgehead atoms. The molecule has 2 heterocycles. The van der Waals surface area contributed by atoms with Crippen molar-refractivity contribution in [1.29, 1.82) is 0 Å². The number of aliphatic imine (C=N–C) groups is 1. The number of unbranched alkanes of at least 4 members (excludes halogenated alkanes) is 1. The van der Waals surface area contributed by atoms with Gasteiger partial charge >= 0.3 is 0 Å². The smallest absolute Gasteiger partial charge is 0.208 e. The lowest BCUT2D eigenvalue weighted by Crippen LogP contribution is -2.42. The van der Waals surface area contributed by atoms with Crippen molar-refractivity contribution >= 4 is 11.8 Å². The average Bonchev–Trinajstić information content (AvgIpc) is 4.00. The highest BCUT2D eigenvalue weighted by molar-refractivity contribution is 6.03. The van der Waals surface area contributed by atoms with Gasteiger partial charge in [-0.2, -0.15) is 0 Å². The summed E-state index contributed by atoms with van der Waals surface area (Å²) < 4.78 is 11.1. The van der Waals surface area contributed by atoms with Crippen molar-refractivity contribution in [3.63, 3.8) is 0 Å². The number of phenols is 1.